The number of anilines is 1. The van der Waals surface area contributed by atoms with E-state index in [4.69, 9.17) is 5.73 Å². The maximum atomic E-state index is 10.6. The molecule has 15 heavy (non-hydrogen) atoms. The van der Waals surface area contributed by atoms with E-state index in [1.54, 1.807) is 4.68 Å². The Morgan fingerprint density at radius 1 is 1.60 bits per heavy atom. The van der Waals surface area contributed by atoms with Crippen LogP contribution < -0.4 is 5.73 Å². The highest BCUT2D eigenvalue weighted by Gasteiger charge is 2.14. The number of rotatable bonds is 2. The Bertz CT molecular complexity index is 533. The lowest BCUT2D eigenvalue weighted by molar-refractivity contribution is -0.384. The zero-order valence-electron chi connectivity index (χ0n) is 8.04. The molecule has 0 aliphatic heterocycles. The van der Waals surface area contributed by atoms with Crippen LogP contribution in [0.2, 0.25) is 0 Å². The molecule has 0 unspecified atom stereocenters. The van der Waals surface area contributed by atoms with Gasteiger partial charge in [-0.3, -0.25) is 10.1 Å². The normalized spacial score (nSPS) is 10.7. The Kier molecular flexibility index (Phi) is 2.00. The van der Waals surface area contributed by atoms with Crippen molar-refractivity contribution in [3.05, 3.63) is 22.2 Å². The number of nitrogens with two attached hydrogens (primary N) is 1. The third-order valence-electron chi connectivity index (χ3n) is 2.15. The van der Waals surface area contributed by atoms with Crippen LogP contribution in [0.4, 0.5) is 11.4 Å². The summed E-state index contributed by atoms with van der Waals surface area (Å²) in [6.07, 6.45) is 0. The summed E-state index contributed by atoms with van der Waals surface area (Å²) in [5.41, 5.74) is 6.96. The number of non-ortho nitro benzene ring substituents is 1. The second kappa shape index (κ2) is 3.19. The lowest BCUT2D eigenvalue weighted by Gasteiger charge is -1.98. The van der Waals surface area contributed by atoms with Crippen LogP contribution in [0.3, 0.4) is 0 Å². The van der Waals surface area contributed by atoms with E-state index in [0.717, 1.165) is 0 Å². The molecule has 0 bridgehead atoms. The maximum absolute atomic E-state index is 10.6. The molecule has 2 aromatic rings. The SMILES string of the molecule is CCn1nnc2c(N)cc([N+](=O)[O-])cc21. The molecular formula is C8H9N5O2. The predicted molar refractivity (Wildman–Crippen MR) is 54.3 cm³/mol. The molecular weight excluding hydrogens is 198 g/mol. The molecule has 1 aromatic carbocycles. The summed E-state index contributed by atoms with van der Waals surface area (Å²) in [6.45, 7) is 2.47. The van der Waals surface area contributed by atoms with E-state index in [1.165, 1.54) is 12.1 Å². The second-order valence-electron chi connectivity index (χ2n) is 3.07. The molecule has 0 saturated carbocycles. The van der Waals surface area contributed by atoms with E-state index in [1.807, 2.05) is 6.92 Å². The summed E-state index contributed by atoms with van der Waals surface area (Å²) in [5.74, 6) is 0. The first-order chi connectivity index (χ1) is 7.13. The average molecular weight is 207 g/mol. The van der Waals surface area contributed by atoms with Gasteiger partial charge < -0.3 is 5.73 Å². The van der Waals surface area contributed by atoms with Crippen molar-refractivity contribution < 1.29 is 4.92 Å². The second-order valence-corrected chi connectivity index (χ2v) is 3.07. The van der Waals surface area contributed by atoms with Crippen molar-refractivity contribution in [2.75, 3.05) is 5.73 Å². The van der Waals surface area contributed by atoms with Gasteiger partial charge in [-0.2, -0.15) is 0 Å². The molecule has 1 aromatic heterocycles. The van der Waals surface area contributed by atoms with Gasteiger partial charge in [-0.25, -0.2) is 4.68 Å². The fourth-order valence-electron chi connectivity index (χ4n) is 1.42. The first kappa shape index (κ1) is 9.38. The van der Waals surface area contributed by atoms with Crippen molar-refractivity contribution in [3.63, 3.8) is 0 Å². The maximum Gasteiger partial charge on any atom is 0.273 e. The van der Waals surface area contributed by atoms with Gasteiger partial charge in [-0.05, 0) is 6.92 Å². The van der Waals surface area contributed by atoms with Crippen LogP contribution in [0, 0.1) is 10.1 Å². The highest BCUT2D eigenvalue weighted by atomic mass is 16.6. The minimum absolute atomic E-state index is 0.0444. The van der Waals surface area contributed by atoms with Crippen molar-refractivity contribution in [1.82, 2.24) is 15.0 Å². The molecule has 1 heterocycles. The first-order valence-electron chi connectivity index (χ1n) is 4.40. The van der Waals surface area contributed by atoms with Gasteiger partial charge >= 0.3 is 0 Å². The third kappa shape index (κ3) is 1.37. The predicted octanol–water partition coefficient (Wildman–Crippen LogP) is 0.942. The minimum atomic E-state index is -0.483. The Morgan fingerprint density at radius 3 is 2.93 bits per heavy atom. The van der Waals surface area contributed by atoms with Crippen LogP contribution in [0.5, 0.6) is 0 Å². The fourth-order valence-corrected chi connectivity index (χ4v) is 1.42. The van der Waals surface area contributed by atoms with Gasteiger partial charge in [0, 0.05) is 18.7 Å². The summed E-state index contributed by atoms with van der Waals surface area (Å²) in [5, 5.41) is 18.3. The van der Waals surface area contributed by atoms with Gasteiger partial charge in [0.1, 0.15) is 5.52 Å². The molecule has 0 aliphatic carbocycles. The summed E-state index contributed by atoms with van der Waals surface area (Å²) in [7, 11) is 0. The highest BCUT2D eigenvalue weighted by molar-refractivity contribution is 5.88. The molecule has 7 nitrogen and oxygen atoms in total. The third-order valence-corrected chi connectivity index (χ3v) is 2.15. The van der Waals surface area contributed by atoms with Crippen LogP contribution in [-0.2, 0) is 6.54 Å². The molecule has 0 amide bonds. The summed E-state index contributed by atoms with van der Waals surface area (Å²) in [4.78, 5) is 10.1. The van der Waals surface area contributed by atoms with Crippen molar-refractivity contribution in [2.45, 2.75) is 13.5 Å². The van der Waals surface area contributed by atoms with E-state index in [-0.39, 0.29) is 11.4 Å². The van der Waals surface area contributed by atoms with Gasteiger partial charge in [0.25, 0.3) is 5.69 Å². The molecule has 2 N–H and O–H groups in total. The molecule has 0 spiro atoms. The number of aromatic nitrogens is 3. The number of nitrogens with zero attached hydrogens (tertiary/aromatic N) is 4. The summed E-state index contributed by atoms with van der Waals surface area (Å²) < 4.78 is 1.57. The van der Waals surface area contributed by atoms with Crippen molar-refractivity contribution in [1.29, 1.82) is 0 Å². The largest absolute Gasteiger partial charge is 0.397 e. The van der Waals surface area contributed by atoms with Crippen molar-refractivity contribution >= 4 is 22.4 Å². The number of nitrogen functional groups attached to an aromatic ring is 1. The molecule has 0 fully saturated rings. The molecule has 7 heteroatoms. The standard InChI is InChI=1S/C8H9N5O2/c1-2-12-7-4-5(13(14)15)3-6(9)8(7)10-11-12/h3-4H,2,9H2,1H3. The molecule has 78 valence electrons. The van der Waals surface area contributed by atoms with Crippen LogP contribution >= 0.6 is 0 Å². The summed E-state index contributed by atoms with van der Waals surface area (Å²) in [6, 6.07) is 2.71. The number of aryl methyl sites for hydroxylation is 1. The molecule has 0 radical (unpaired) electrons. The van der Waals surface area contributed by atoms with Gasteiger partial charge in [-0.1, -0.05) is 5.21 Å². The lowest BCUT2D eigenvalue weighted by Crippen LogP contribution is -1.97. The van der Waals surface area contributed by atoms with E-state index >= 15 is 0 Å². The minimum Gasteiger partial charge on any atom is -0.397 e. The molecule has 2 rings (SSSR count). The van der Waals surface area contributed by atoms with Gasteiger partial charge in [-0.15, -0.1) is 5.10 Å². The number of nitro benzene ring substituents is 1. The van der Waals surface area contributed by atoms with Crippen LogP contribution in [0.25, 0.3) is 11.0 Å². The van der Waals surface area contributed by atoms with E-state index < -0.39 is 4.92 Å². The van der Waals surface area contributed by atoms with E-state index in [0.29, 0.717) is 17.6 Å². The Hall–Kier alpha value is -2.18. The van der Waals surface area contributed by atoms with E-state index in [9.17, 15) is 10.1 Å². The van der Waals surface area contributed by atoms with Crippen molar-refractivity contribution in [3.8, 4) is 0 Å². The van der Waals surface area contributed by atoms with Crippen LogP contribution in [-0.4, -0.2) is 19.9 Å². The van der Waals surface area contributed by atoms with Crippen LogP contribution in [0.15, 0.2) is 12.1 Å². The molecule has 0 saturated heterocycles. The number of hydrogen-bond donors (Lipinski definition) is 1. The lowest BCUT2D eigenvalue weighted by atomic mass is 10.2. The number of fused-ring (bicyclic) bond motifs is 1. The Morgan fingerprint density at radius 2 is 2.33 bits per heavy atom. The van der Waals surface area contributed by atoms with Crippen molar-refractivity contribution in [2.24, 2.45) is 0 Å². The smallest absolute Gasteiger partial charge is 0.273 e. The monoisotopic (exact) mass is 207 g/mol. The van der Waals surface area contributed by atoms with E-state index in [2.05, 4.69) is 10.3 Å². The zero-order chi connectivity index (χ0) is 11.0. The fraction of sp³-hybridized carbons (Fsp3) is 0.250. The number of benzene rings is 1. The molecule has 0 atom stereocenters. The average Bonchev–Trinajstić information content (AvgIpc) is 2.60. The number of hydrogen-bond acceptors (Lipinski definition) is 5. The van der Waals surface area contributed by atoms with Gasteiger partial charge in [0.05, 0.1) is 16.1 Å². The quantitative estimate of drug-likeness (QED) is 0.448. The zero-order valence-corrected chi connectivity index (χ0v) is 8.04. The van der Waals surface area contributed by atoms with Gasteiger partial charge in [0.2, 0.25) is 0 Å². The first-order valence-corrected chi connectivity index (χ1v) is 4.40. The molecule has 0 aliphatic rings. The van der Waals surface area contributed by atoms with Crippen LogP contribution in [0.1, 0.15) is 6.92 Å². The Balaban J connectivity index is 2.77. The number of nitro groups is 1. The Labute approximate surface area is 84.6 Å². The summed E-state index contributed by atoms with van der Waals surface area (Å²) >= 11 is 0. The topological polar surface area (TPSA) is 99.9 Å². The highest BCUT2D eigenvalue weighted by Crippen LogP contribution is 2.25. The van der Waals surface area contributed by atoms with Gasteiger partial charge in [0.15, 0.2) is 0 Å².